The van der Waals surface area contributed by atoms with Crippen LogP contribution < -0.4 is 0 Å². The third kappa shape index (κ3) is 92.1. The SMILES string of the molecule is C=CCOCCOCCO.O=C(O)O.O=C(O)O. The van der Waals surface area contributed by atoms with Crippen molar-refractivity contribution in [1.82, 2.24) is 0 Å². The predicted octanol–water partition coefficient (Wildman–Crippen LogP) is 0.643. The van der Waals surface area contributed by atoms with Gasteiger partial charge in [-0.15, -0.1) is 6.58 Å². The fraction of sp³-hybridized carbons (Fsp3) is 0.556. The molecule has 0 aromatic rings. The fourth-order valence-electron chi connectivity index (χ4n) is 0.451. The van der Waals surface area contributed by atoms with Gasteiger partial charge in [0, 0.05) is 0 Å². The van der Waals surface area contributed by atoms with Crippen LogP contribution in [-0.2, 0) is 9.47 Å². The van der Waals surface area contributed by atoms with E-state index in [0.717, 1.165) is 0 Å². The first-order valence-electron chi connectivity index (χ1n) is 4.59. The maximum atomic E-state index is 8.56. The first-order chi connectivity index (χ1) is 8.38. The van der Waals surface area contributed by atoms with Crippen LogP contribution in [0.2, 0.25) is 0 Å². The second-order valence-corrected chi connectivity index (χ2v) is 2.26. The van der Waals surface area contributed by atoms with Crippen molar-refractivity contribution in [1.29, 1.82) is 0 Å². The second kappa shape index (κ2) is 20.6. The van der Waals surface area contributed by atoms with Crippen LogP contribution in [0.25, 0.3) is 0 Å². The Hall–Kier alpha value is -1.84. The van der Waals surface area contributed by atoms with E-state index in [9.17, 15) is 0 Å². The summed E-state index contributed by atoms with van der Waals surface area (Å²) in [6.07, 6.45) is -1.98. The second-order valence-electron chi connectivity index (χ2n) is 2.26. The molecule has 0 aliphatic carbocycles. The first-order valence-corrected chi connectivity index (χ1v) is 4.59. The van der Waals surface area contributed by atoms with E-state index < -0.39 is 12.3 Å². The quantitative estimate of drug-likeness (QED) is 0.331. The number of aliphatic hydroxyl groups is 1. The zero-order valence-corrected chi connectivity index (χ0v) is 9.69. The summed E-state index contributed by atoms with van der Waals surface area (Å²) in [5, 5.41) is 36.2. The van der Waals surface area contributed by atoms with Crippen LogP contribution in [0.3, 0.4) is 0 Å². The molecule has 0 rings (SSSR count). The Balaban J connectivity index is -0.000000233. The molecule has 0 heterocycles. The minimum Gasteiger partial charge on any atom is -0.450 e. The summed E-state index contributed by atoms with van der Waals surface area (Å²) >= 11 is 0. The highest BCUT2D eigenvalue weighted by atomic mass is 16.6. The maximum absolute atomic E-state index is 8.56. The molecule has 0 aliphatic rings. The third-order valence-corrected chi connectivity index (χ3v) is 0.843. The van der Waals surface area contributed by atoms with Crippen LogP contribution in [0.15, 0.2) is 12.7 Å². The largest absolute Gasteiger partial charge is 0.503 e. The van der Waals surface area contributed by atoms with Crippen LogP contribution in [0, 0.1) is 0 Å². The molecule has 108 valence electrons. The lowest BCUT2D eigenvalue weighted by molar-refractivity contribution is 0.0412. The molecule has 0 aliphatic heterocycles. The van der Waals surface area contributed by atoms with Gasteiger partial charge in [0.15, 0.2) is 0 Å². The fourth-order valence-corrected chi connectivity index (χ4v) is 0.451. The summed E-state index contributed by atoms with van der Waals surface area (Å²) in [6.45, 7) is 5.60. The molecule has 0 fully saturated rings. The van der Waals surface area contributed by atoms with Gasteiger partial charge in [-0.05, 0) is 0 Å². The van der Waals surface area contributed by atoms with E-state index in [0.29, 0.717) is 26.4 Å². The standard InChI is InChI=1S/C7H14O3.2CH2O3/c1-2-4-9-6-7-10-5-3-8;2*2-1(3)4/h2,8H,1,3-7H2;2*(H2,2,3,4). The van der Waals surface area contributed by atoms with E-state index in [4.69, 9.17) is 44.6 Å². The zero-order valence-electron chi connectivity index (χ0n) is 9.69. The van der Waals surface area contributed by atoms with E-state index in [2.05, 4.69) is 6.58 Å². The molecule has 0 saturated heterocycles. The monoisotopic (exact) mass is 270 g/mol. The molecule has 9 nitrogen and oxygen atoms in total. The van der Waals surface area contributed by atoms with Gasteiger partial charge in [0.05, 0.1) is 33.0 Å². The van der Waals surface area contributed by atoms with E-state index in [1.54, 1.807) is 6.08 Å². The summed E-state index contributed by atoms with van der Waals surface area (Å²) in [7, 11) is 0. The molecule has 0 radical (unpaired) electrons. The number of carboxylic acid groups (broad SMARTS) is 4. The van der Waals surface area contributed by atoms with Crippen molar-refractivity contribution < 1.29 is 44.6 Å². The van der Waals surface area contributed by atoms with Crippen molar-refractivity contribution in [2.24, 2.45) is 0 Å². The van der Waals surface area contributed by atoms with Crippen molar-refractivity contribution in [2.45, 2.75) is 0 Å². The van der Waals surface area contributed by atoms with Crippen molar-refractivity contribution >= 4 is 12.3 Å². The van der Waals surface area contributed by atoms with Gasteiger partial charge in [0.25, 0.3) is 0 Å². The van der Waals surface area contributed by atoms with Crippen LogP contribution in [0.1, 0.15) is 0 Å². The molecule has 9 heteroatoms. The van der Waals surface area contributed by atoms with E-state index in [-0.39, 0.29) is 6.61 Å². The lowest BCUT2D eigenvalue weighted by Gasteiger charge is -2.00. The van der Waals surface area contributed by atoms with E-state index in [1.165, 1.54) is 0 Å². The molecule has 5 N–H and O–H groups in total. The van der Waals surface area contributed by atoms with Crippen LogP contribution in [0.5, 0.6) is 0 Å². The number of hydrogen-bond acceptors (Lipinski definition) is 5. The number of rotatable bonds is 7. The van der Waals surface area contributed by atoms with Crippen LogP contribution in [0.4, 0.5) is 9.59 Å². The Morgan fingerprint density at radius 2 is 1.33 bits per heavy atom. The van der Waals surface area contributed by atoms with Crippen molar-refractivity contribution in [3.63, 3.8) is 0 Å². The maximum Gasteiger partial charge on any atom is 0.503 e. The summed E-state index contributed by atoms with van der Waals surface area (Å²) in [5.74, 6) is 0. The molecular formula is C9H18O9. The van der Waals surface area contributed by atoms with Crippen molar-refractivity contribution in [2.75, 3.05) is 33.0 Å². The average molecular weight is 270 g/mol. The summed E-state index contributed by atoms with van der Waals surface area (Å²) in [6, 6.07) is 0. The van der Waals surface area contributed by atoms with E-state index in [1.807, 2.05) is 0 Å². The topological polar surface area (TPSA) is 154 Å². The van der Waals surface area contributed by atoms with Crippen molar-refractivity contribution in [3.8, 4) is 0 Å². The minimum atomic E-state index is -1.83. The Morgan fingerprint density at radius 1 is 0.944 bits per heavy atom. The molecule has 0 spiro atoms. The van der Waals surface area contributed by atoms with Gasteiger partial charge in [0.1, 0.15) is 0 Å². The number of carbonyl (C=O) groups is 2. The molecule has 18 heavy (non-hydrogen) atoms. The van der Waals surface area contributed by atoms with Crippen molar-refractivity contribution in [3.05, 3.63) is 12.7 Å². The van der Waals surface area contributed by atoms with Gasteiger partial charge in [-0.1, -0.05) is 6.08 Å². The Bertz CT molecular complexity index is 184. The lowest BCUT2D eigenvalue weighted by atomic mass is 10.7. The summed E-state index contributed by atoms with van der Waals surface area (Å²) in [4.78, 5) is 17.1. The Morgan fingerprint density at radius 3 is 1.67 bits per heavy atom. The number of ether oxygens (including phenoxy) is 2. The molecule has 0 unspecified atom stereocenters. The first kappa shape index (κ1) is 21.4. The lowest BCUT2D eigenvalue weighted by Crippen LogP contribution is -2.06. The smallest absolute Gasteiger partial charge is 0.450 e. The molecule has 0 saturated carbocycles. The van der Waals surface area contributed by atoms with Crippen LogP contribution >= 0.6 is 0 Å². The molecular weight excluding hydrogens is 252 g/mol. The summed E-state index contributed by atoms with van der Waals surface area (Å²) < 4.78 is 9.92. The molecule has 0 aromatic heterocycles. The highest BCUT2D eigenvalue weighted by Gasteiger charge is 1.85. The third-order valence-electron chi connectivity index (χ3n) is 0.843. The Kier molecular flexibility index (Phi) is 24.5. The van der Waals surface area contributed by atoms with Gasteiger partial charge in [0.2, 0.25) is 0 Å². The molecule has 0 aromatic carbocycles. The number of aliphatic hydroxyl groups excluding tert-OH is 1. The van der Waals surface area contributed by atoms with Gasteiger partial charge in [-0.2, -0.15) is 0 Å². The van der Waals surface area contributed by atoms with Gasteiger partial charge in [-0.3, -0.25) is 0 Å². The summed E-state index contributed by atoms with van der Waals surface area (Å²) in [5.41, 5.74) is 0. The molecule has 0 bridgehead atoms. The Labute approximate surface area is 104 Å². The normalized spacial score (nSPS) is 8.06. The zero-order chi connectivity index (χ0) is 14.8. The highest BCUT2D eigenvalue weighted by molar-refractivity contribution is 5.53. The van der Waals surface area contributed by atoms with Gasteiger partial charge in [-0.25, -0.2) is 9.59 Å². The number of hydrogen-bond donors (Lipinski definition) is 5. The predicted molar refractivity (Wildman–Crippen MR) is 60.2 cm³/mol. The average Bonchev–Trinajstić information content (AvgIpc) is 2.22. The van der Waals surface area contributed by atoms with E-state index >= 15 is 0 Å². The highest BCUT2D eigenvalue weighted by Crippen LogP contribution is 1.77. The van der Waals surface area contributed by atoms with Gasteiger partial charge >= 0.3 is 12.3 Å². The molecule has 0 amide bonds. The minimum absolute atomic E-state index is 0.0709. The molecule has 0 atom stereocenters. The van der Waals surface area contributed by atoms with Gasteiger partial charge < -0.3 is 35.0 Å². The van der Waals surface area contributed by atoms with Crippen LogP contribution in [-0.4, -0.2) is 70.9 Å².